The molecule has 11 heavy (non-hydrogen) atoms. The molecule has 0 aliphatic rings. The molecule has 0 nitrogen and oxygen atoms in total. The normalized spacial score (nSPS) is 15.0. The van der Waals surface area contributed by atoms with Crippen molar-refractivity contribution in [3.05, 3.63) is 0 Å². The number of halogens is 3. The second kappa shape index (κ2) is 6.17. The molecule has 0 aromatic heterocycles. The third-order valence-electron chi connectivity index (χ3n) is 1.49. The van der Waals surface area contributed by atoms with Gasteiger partial charge in [0.15, 0.2) is 0 Å². The van der Waals surface area contributed by atoms with Gasteiger partial charge in [-0.15, -0.1) is 0 Å². The Balaban J connectivity index is 3.44. The molecule has 0 aromatic carbocycles. The molecule has 0 amide bonds. The van der Waals surface area contributed by atoms with Crippen molar-refractivity contribution < 1.29 is 0 Å². The molecule has 0 aromatic rings. The van der Waals surface area contributed by atoms with Gasteiger partial charge >= 0.3 is 97.7 Å². The van der Waals surface area contributed by atoms with Gasteiger partial charge in [0.1, 0.15) is 0 Å². The number of rotatable bonds is 4. The molecule has 4 heteroatoms. The third-order valence-corrected chi connectivity index (χ3v) is 5.91. The van der Waals surface area contributed by atoms with Crippen LogP contribution in [0.1, 0.15) is 32.6 Å². The second-order valence-electron chi connectivity index (χ2n) is 2.59. The molecule has 0 N–H and O–H groups in total. The number of unbranched alkanes of at least 4 members (excludes halogenated alkanes) is 2. The minimum atomic E-state index is -1.04. The van der Waals surface area contributed by atoms with Crippen LogP contribution in [0.5, 0.6) is 0 Å². The van der Waals surface area contributed by atoms with Gasteiger partial charge in [-0.3, -0.25) is 0 Å². The molecule has 0 bridgehead atoms. The summed E-state index contributed by atoms with van der Waals surface area (Å²) in [5.74, 6) is 0. The summed E-state index contributed by atoms with van der Waals surface area (Å²) < 4.78 is -0.780. The fourth-order valence-electron chi connectivity index (χ4n) is 0.762. The van der Waals surface area contributed by atoms with E-state index in [-0.39, 0.29) is 3.93 Å². The van der Waals surface area contributed by atoms with Crippen LogP contribution in [0.4, 0.5) is 0 Å². The standard InChI is InChI=1S/C7H12Cl3.Sn/c1-2-3-4-5-6-7(8,9)10;/h6H,2-5H2,1H3;. The maximum atomic E-state index is 5.72. The van der Waals surface area contributed by atoms with Crippen LogP contribution in [0.15, 0.2) is 0 Å². The summed E-state index contributed by atoms with van der Waals surface area (Å²) in [6.45, 7) is 2.17. The van der Waals surface area contributed by atoms with Crippen molar-refractivity contribution >= 4 is 57.3 Å². The van der Waals surface area contributed by atoms with Gasteiger partial charge in [-0.05, 0) is 0 Å². The summed E-state index contributed by atoms with van der Waals surface area (Å²) in [6.07, 6.45) is 4.69. The van der Waals surface area contributed by atoms with Gasteiger partial charge < -0.3 is 0 Å². The van der Waals surface area contributed by atoms with Gasteiger partial charge in [-0.25, -0.2) is 0 Å². The zero-order chi connectivity index (χ0) is 8.91. The Hall–Kier alpha value is 1.67. The second-order valence-corrected chi connectivity index (χ2v) is 6.95. The zero-order valence-corrected chi connectivity index (χ0v) is 11.7. The van der Waals surface area contributed by atoms with E-state index >= 15 is 0 Å². The van der Waals surface area contributed by atoms with E-state index in [9.17, 15) is 0 Å². The summed E-state index contributed by atoms with van der Waals surface area (Å²) in [6, 6.07) is 0. The van der Waals surface area contributed by atoms with Crippen molar-refractivity contribution in [1.82, 2.24) is 0 Å². The molecule has 0 heterocycles. The molecule has 0 aliphatic carbocycles. The van der Waals surface area contributed by atoms with Crippen LogP contribution in [-0.4, -0.2) is 26.3 Å². The van der Waals surface area contributed by atoms with E-state index < -0.39 is 3.79 Å². The van der Waals surface area contributed by atoms with E-state index in [1.807, 2.05) is 0 Å². The molecule has 0 spiro atoms. The van der Waals surface area contributed by atoms with Gasteiger partial charge in [0.05, 0.1) is 0 Å². The zero-order valence-electron chi connectivity index (χ0n) is 6.54. The van der Waals surface area contributed by atoms with Gasteiger partial charge in [-0.2, -0.15) is 0 Å². The Kier molecular flexibility index (Phi) is 7.11. The minimum absolute atomic E-state index is 0.256. The summed E-state index contributed by atoms with van der Waals surface area (Å²) in [5, 5.41) is 0. The molecule has 0 aliphatic heterocycles. The fourth-order valence-corrected chi connectivity index (χ4v) is 1.67. The molecule has 0 rings (SSSR count). The topological polar surface area (TPSA) is 0 Å². The van der Waals surface area contributed by atoms with Crippen molar-refractivity contribution in [1.29, 1.82) is 0 Å². The van der Waals surface area contributed by atoms with Gasteiger partial charge in [0, 0.05) is 0 Å². The molecular formula is C7H12Cl3Sn. The predicted molar refractivity (Wildman–Crippen MR) is 53.9 cm³/mol. The van der Waals surface area contributed by atoms with Crippen molar-refractivity contribution in [3.63, 3.8) is 0 Å². The molecule has 0 fully saturated rings. The molecular weight excluding hydrogens is 309 g/mol. The summed E-state index contributed by atoms with van der Waals surface area (Å²) in [4.78, 5) is 0. The fraction of sp³-hybridized carbons (Fsp3) is 1.00. The Bertz CT molecular complexity index is 100. The molecule has 0 saturated heterocycles. The predicted octanol–water partition coefficient (Wildman–Crippen LogP) is 3.89. The van der Waals surface area contributed by atoms with Crippen molar-refractivity contribution in [2.24, 2.45) is 0 Å². The van der Waals surface area contributed by atoms with Crippen molar-refractivity contribution in [2.45, 2.75) is 40.3 Å². The first-order valence-electron chi connectivity index (χ1n) is 3.76. The van der Waals surface area contributed by atoms with Crippen LogP contribution in [-0.2, 0) is 0 Å². The average Bonchev–Trinajstić information content (AvgIpc) is 1.86. The first-order valence-corrected chi connectivity index (χ1v) is 6.54. The SMILES string of the molecule is CCCCC[C@H]([Sn])C(Cl)(Cl)Cl. The molecule has 1 atom stereocenters. The van der Waals surface area contributed by atoms with Gasteiger partial charge in [-0.1, -0.05) is 0 Å². The van der Waals surface area contributed by atoms with E-state index in [1.165, 1.54) is 41.8 Å². The van der Waals surface area contributed by atoms with E-state index in [0.717, 1.165) is 6.42 Å². The van der Waals surface area contributed by atoms with Crippen molar-refractivity contribution in [2.75, 3.05) is 0 Å². The van der Waals surface area contributed by atoms with E-state index in [4.69, 9.17) is 34.8 Å². The number of hydrogen-bond donors (Lipinski definition) is 0. The molecule has 3 radical (unpaired) electrons. The van der Waals surface area contributed by atoms with Crippen LogP contribution >= 0.6 is 34.8 Å². The van der Waals surface area contributed by atoms with Crippen LogP contribution in [0.25, 0.3) is 0 Å². The summed E-state index contributed by atoms with van der Waals surface area (Å²) >= 11 is 18.5. The summed E-state index contributed by atoms with van der Waals surface area (Å²) in [7, 11) is 0. The molecule has 0 saturated carbocycles. The van der Waals surface area contributed by atoms with Crippen molar-refractivity contribution in [3.8, 4) is 0 Å². The van der Waals surface area contributed by atoms with Crippen LogP contribution in [0.2, 0.25) is 3.93 Å². The first kappa shape index (κ1) is 12.7. The average molecular weight is 321 g/mol. The Labute approximate surface area is 97.0 Å². The summed E-state index contributed by atoms with van der Waals surface area (Å²) in [5.41, 5.74) is 0. The quantitative estimate of drug-likeness (QED) is 0.419. The van der Waals surface area contributed by atoms with Gasteiger partial charge in [0.25, 0.3) is 0 Å². The Morgan fingerprint density at radius 1 is 1.27 bits per heavy atom. The number of alkyl halides is 3. The number of hydrogen-bond acceptors (Lipinski definition) is 0. The monoisotopic (exact) mass is 321 g/mol. The molecule has 0 unspecified atom stereocenters. The first-order chi connectivity index (χ1) is 4.98. The van der Waals surface area contributed by atoms with E-state index in [1.54, 1.807) is 0 Å². The van der Waals surface area contributed by atoms with Crippen LogP contribution in [0, 0.1) is 0 Å². The van der Waals surface area contributed by atoms with Gasteiger partial charge in [0.2, 0.25) is 0 Å². The molecule has 65 valence electrons. The third kappa shape index (κ3) is 6.80. The maximum absolute atomic E-state index is 5.72. The van der Waals surface area contributed by atoms with Crippen LogP contribution in [0.3, 0.4) is 0 Å². The van der Waals surface area contributed by atoms with E-state index in [0.29, 0.717) is 0 Å². The Morgan fingerprint density at radius 2 is 1.82 bits per heavy atom. The van der Waals surface area contributed by atoms with E-state index in [2.05, 4.69) is 6.92 Å². The Morgan fingerprint density at radius 3 is 2.18 bits per heavy atom. The van der Waals surface area contributed by atoms with Crippen LogP contribution < -0.4 is 0 Å².